The van der Waals surface area contributed by atoms with Crippen LogP contribution in [0.1, 0.15) is 22.7 Å². The molecule has 3 nitrogen and oxygen atoms in total. The second-order valence-corrected chi connectivity index (χ2v) is 5.92. The van der Waals surface area contributed by atoms with E-state index in [0.29, 0.717) is 5.75 Å². The van der Waals surface area contributed by atoms with Crippen LogP contribution in [0.15, 0.2) is 40.9 Å². The summed E-state index contributed by atoms with van der Waals surface area (Å²) >= 11 is 3.49. The molecule has 0 saturated carbocycles. The van der Waals surface area contributed by atoms with Gasteiger partial charge in [-0.2, -0.15) is 0 Å². The summed E-state index contributed by atoms with van der Waals surface area (Å²) < 4.78 is 11.7. The maximum Gasteiger partial charge on any atom is 0.161 e. The largest absolute Gasteiger partial charge is 0.493 e. The smallest absolute Gasteiger partial charge is 0.161 e. The molecule has 1 unspecified atom stereocenters. The normalized spacial score (nSPS) is 12.0. The van der Waals surface area contributed by atoms with Gasteiger partial charge < -0.3 is 15.2 Å². The van der Waals surface area contributed by atoms with Crippen molar-refractivity contribution in [1.82, 2.24) is 0 Å². The second kappa shape index (κ2) is 6.96. The van der Waals surface area contributed by atoms with Crippen LogP contribution in [0.25, 0.3) is 0 Å². The molecule has 0 aliphatic carbocycles. The molecule has 2 N–H and O–H groups in total. The van der Waals surface area contributed by atoms with Gasteiger partial charge in [-0.1, -0.05) is 28.1 Å². The van der Waals surface area contributed by atoms with Gasteiger partial charge in [-0.3, -0.25) is 0 Å². The van der Waals surface area contributed by atoms with Gasteiger partial charge in [0.2, 0.25) is 0 Å². The Balaban J connectivity index is 2.28. The first-order valence-corrected chi connectivity index (χ1v) is 7.57. The van der Waals surface area contributed by atoms with E-state index in [1.165, 1.54) is 5.56 Å². The molecule has 2 rings (SSSR count). The van der Waals surface area contributed by atoms with Crippen molar-refractivity contribution < 1.29 is 9.47 Å². The van der Waals surface area contributed by atoms with Gasteiger partial charge in [0.25, 0.3) is 0 Å². The summed E-state index contributed by atoms with van der Waals surface area (Å²) in [5.41, 5.74) is 9.76. The molecule has 2 aromatic rings. The van der Waals surface area contributed by atoms with Gasteiger partial charge in [0.05, 0.1) is 14.2 Å². The zero-order valence-electron chi connectivity index (χ0n) is 12.5. The van der Waals surface area contributed by atoms with Crippen molar-refractivity contribution in [3.05, 3.63) is 57.6 Å². The summed E-state index contributed by atoms with van der Waals surface area (Å²) in [5.74, 6) is 1.44. The predicted molar refractivity (Wildman–Crippen MR) is 89.1 cm³/mol. The van der Waals surface area contributed by atoms with Crippen molar-refractivity contribution in [3.63, 3.8) is 0 Å². The fourth-order valence-electron chi connectivity index (χ4n) is 2.42. The Morgan fingerprint density at radius 3 is 2.38 bits per heavy atom. The Morgan fingerprint density at radius 2 is 1.76 bits per heavy atom. The molecule has 1 atom stereocenters. The van der Waals surface area contributed by atoms with Crippen molar-refractivity contribution >= 4 is 15.9 Å². The van der Waals surface area contributed by atoms with Crippen molar-refractivity contribution in [2.24, 2.45) is 5.73 Å². The molecule has 0 aliphatic rings. The van der Waals surface area contributed by atoms with Crippen LogP contribution >= 0.6 is 15.9 Å². The SMILES string of the molecule is COc1cc(C)c(C(N)Cc2cccc(Br)c2)cc1OC. The first kappa shape index (κ1) is 15.9. The van der Waals surface area contributed by atoms with E-state index in [2.05, 4.69) is 28.1 Å². The van der Waals surface area contributed by atoms with Crippen LogP contribution < -0.4 is 15.2 Å². The van der Waals surface area contributed by atoms with E-state index in [0.717, 1.165) is 27.8 Å². The highest BCUT2D eigenvalue weighted by atomic mass is 79.9. The van der Waals surface area contributed by atoms with Crippen molar-refractivity contribution in [3.8, 4) is 11.5 Å². The number of aryl methyl sites for hydroxylation is 1. The van der Waals surface area contributed by atoms with Crippen LogP contribution in [-0.2, 0) is 6.42 Å². The molecule has 0 amide bonds. The van der Waals surface area contributed by atoms with E-state index >= 15 is 0 Å². The van der Waals surface area contributed by atoms with E-state index in [4.69, 9.17) is 15.2 Å². The predicted octanol–water partition coefficient (Wildman–Crippen LogP) is 4.02. The van der Waals surface area contributed by atoms with Crippen molar-refractivity contribution in [2.75, 3.05) is 14.2 Å². The van der Waals surface area contributed by atoms with Crippen molar-refractivity contribution in [1.29, 1.82) is 0 Å². The van der Waals surface area contributed by atoms with Crippen LogP contribution in [0.3, 0.4) is 0 Å². The maximum absolute atomic E-state index is 6.38. The average Bonchev–Trinajstić information content (AvgIpc) is 2.46. The Labute approximate surface area is 134 Å². The summed E-state index contributed by atoms with van der Waals surface area (Å²) in [6.07, 6.45) is 0.774. The number of methoxy groups -OCH3 is 2. The maximum atomic E-state index is 6.38. The van der Waals surface area contributed by atoms with E-state index < -0.39 is 0 Å². The van der Waals surface area contributed by atoms with Gasteiger partial charge in [0, 0.05) is 10.5 Å². The van der Waals surface area contributed by atoms with Crippen LogP contribution in [0.2, 0.25) is 0 Å². The van der Waals surface area contributed by atoms with Gasteiger partial charge in [0.1, 0.15) is 0 Å². The van der Waals surface area contributed by atoms with Gasteiger partial charge in [-0.15, -0.1) is 0 Å². The lowest BCUT2D eigenvalue weighted by atomic mass is 9.95. The first-order valence-electron chi connectivity index (χ1n) is 6.77. The van der Waals surface area contributed by atoms with E-state index in [1.807, 2.05) is 31.2 Å². The summed E-state index contributed by atoms with van der Waals surface area (Å²) in [6.45, 7) is 2.04. The van der Waals surface area contributed by atoms with E-state index in [-0.39, 0.29) is 6.04 Å². The van der Waals surface area contributed by atoms with Crippen LogP contribution in [-0.4, -0.2) is 14.2 Å². The van der Waals surface area contributed by atoms with Crippen LogP contribution in [0.4, 0.5) is 0 Å². The van der Waals surface area contributed by atoms with Crippen LogP contribution in [0, 0.1) is 6.92 Å². The lowest BCUT2D eigenvalue weighted by molar-refractivity contribution is 0.354. The molecule has 0 saturated heterocycles. The third-order valence-electron chi connectivity index (χ3n) is 3.52. The molecule has 112 valence electrons. The summed E-state index contributed by atoms with van der Waals surface area (Å²) in [4.78, 5) is 0. The van der Waals surface area contributed by atoms with E-state index in [1.54, 1.807) is 14.2 Å². The molecule has 2 aromatic carbocycles. The first-order chi connectivity index (χ1) is 10.0. The molecule has 21 heavy (non-hydrogen) atoms. The average molecular weight is 350 g/mol. The third-order valence-corrected chi connectivity index (χ3v) is 4.01. The van der Waals surface area contributed by atoms with Gasteiger partial charge >= 0.3 is 0 Å². The molecule has 0 heterocycles. The summed E-state index contributed by atoms with van der Waals surface area (Å²) in [6, 6.07) is 12.1. The number of hydrogen-bond donors (Lipinski definition) is 1. The number of rotatable bonds is 5. The minimum absolute atomic E-state index is 0.0842. The quantitative estimate of drug-likeness (QED) is 0.886. The standard InChI is InChI=1S/C17H20BrNO2/c1-11-7-16(20-2)17(21-3)10-14(11)15(19)9-12-5-4-6-13(18)8-12/h4-8,10,15H,9,19H2,1-3H3. The highest BCUT2D eigenvalue weighted by Gasteiger charge is 2.14. The van der Waals surface area contributed by atoms with E-state index in [9.17, 15) is 0 Å². The molecule has 0 fully saturated rings. The van der Waals surface area contributed by atoms with Gasteiger partial charge in [-0.25, -0.2) is 0 Å². The zero-order chi connectivity index (χ0) is 15.4. The minimum atomic E-state index is -0.0842. The molecule has 0 aliphatic heterocycles. The van der Waals surface area contributed by atoms with Gasteiger partial charge in [-0.05, 0) is 54.3 Å². The molecule has 0 radical (unpaired) electrons. The number of halogens is 1. The highest BCUT2D eigenvalue weighted by molar-refractivity contribution is 9.10. The zero-order valence-corrected chi connectivity index (χ0v) is 14.1. The Bertz CT molecular complexity index is 628. The lowest BCUT2D eigenvalue weighted by Crippen LogP contribution is -2.15. The van der Waals surface area contributed by atoms with Crippen LogP contribution in [0.5, 0.6) is 11.5 Å². The number of hydrogen-bond acceptors (Lipinski definition) is 3. The monoisotopic (exact) mass is 349 g/mol. The molecular weight excluding hydrogens is 330 g/mol. The molecule has 0 spiro atoms. The second-order valence-electron chi connectivity index (χ2n) is 5.00. The molecular formula is C17H20BrNO2. The number of benzene rings is 2. The van der Waals surface area contributed by atoms with Crippen molar-refractivity contribution in [2.45, 2.75) is 19.4 Å². The Hall–Kier alpha value is -1.52. The number of ether oxygens (including phenoxy) is 2. The summed E-state index contributed by atoms with van der Waals surface area (Å²) in [5, 5.41) is 0. The molecule has 0 aromatic heterocycles. The Kier molecular flexibility index (Phi) is 5.26. The Morgan fingerprint density at radius 1 is 1.10 bits per heavy atom. The molecule has 0 bridgehead atoms. The minimum Gasteiger partial charge on any atom is -0.493 e. The fourth-order valence-corrected chi connectivity index (χ4v) is 2.87. The topological polar surface area (TPSA) is 44.5 Å². The highest BCUT2D eigenvalue weighted by Crippen LogP contribution is 2.33. The fraction of sp³-hybridized carbons (Fsp3) is 0.294. The molecule has 4 heteroatoms. The lowest BCUT2D eigenvalue weighted by Gasteiger charge is -2.18. The third kappa shape index (κ3) is 3.77. The number of nitrogens with two attached hydrogens (primary N) is 1. The van der Waals surface area contributed by atoms with Gasteiger partial charge in [0.15, 0.2) is 11.5 Å². The summed E-state index contributed by atoms with van der Waals surface area (Å²) in [7, 11) is 3.27.